The van der Waals surface area contributed by atoms with Crippen LogP contribution in [0.2, 0.25) is 0 Å². The molecule has 0 atom stereocenters. The summed E-state index contributed by atoms with van der Waals surface area (Å²) in [6.45, 7) is 7.61. The van der Waals surface area contributed by atoms with Crippen molar-refractivity contribution in [2.24, 2.45) is 0 Å². The first-order valence-corrected chi connectivity index (χ1v) is 5.24. The molecule has 0 aromatic heterocycles. The SMILES string of the molecule is CC(=O)Cc1ccc(OC(C)C)c(C)c1. The highest BCUT2D eigenvalue weighted by atomic mass is 16.5. The van der Waals surface area contributed by atoms with Crippen molar-refractivity contribution < 1.29 is 9.53 Å². The molecule has 1 aromatic rings. The molecule has 82 valence electrons. The quantitative estimate of drug-likeness (QED) is 0.757. The van der Waals surface area contributed by atoms with Gasteiger partial charge in [-0.3, -0.25) is 4.79 Å². The van der Waals surface area contributed by atoms with Crippen molar-refractivity contribution >= 4 is 5.78 Å². The van der Waals surface area contributed by atoms with Crippen LogP contribution in [0.25, 0.3) is 0 Å². The molecule has 0 radical (unpaired) electrons. The monoisotopic (exact) mass is 206 g/mol. The molecular weight excluding hydrogens is 188 g/mol. The minimum atomic E-state index is 0.183. The summed E-state index contributed by atoms with van der Waals surface area (Å²) in [4.78, 5) is 11.0. The Balaban J connectivity index is 2.83. The lowest BCUT2D eigenvalue weighted by Crippen LogP contribution is -2.07. The van der Waals surface area contributed by atoms with E-state index in [1.165, 1.54) is 0 Å². The van der Waals surface area contributed by atoms with Crippen LogP contribution in [0.5, 0.6) is 5.75 Å². The maximum Gasteiger partial charge on any atom is 0.134 e. The molecule has 0 unspecified atom stereocenters. The molecule has 0 saturated carbocycles. The molecule has 0 N–H and O–H groups in total. The Morgan fingerprint density at radius 2 is 2.07 bits per heavy atom. The highest BCUT2D eigenvalue weighted by Crippen LogP contribution is 2.20. The third-order valence-electron chi connectivity index (χ3n) is 2.06. The molecule has 15 heavy (non-hydrogen) atoms. The van der Waals surface area contributed by atoms with Gasteiger partial charge in [0.2, 0.25) is 0 Å². The molecule has 0 amide bonds. The molecule has 2 heteroatoms. The van der Waals surface area contributed by atoms with Gasteiger partial charge in [-0.1, -0.05) is 12.1 Å². The lowest BCUT2D eigenvalue weighted by molar-refractivity contribution is -0.116. The zero-order chi connectivity index (χ0) is 11.4. The normalized spacial score (nSPS) is 10.5. The van der Waals surface area contributed by atoms with Crippen molar-refractivity contribution in [1.29, 1.82) is 0 Å². The largest absolute Gasteiger partial charge is 0.491 e. The van der Waals surface area contributed by atoms with E-state index >= 15 is 0 Å². The zero-order valence-corrected chi connectivity index (χ0v) is 9.83. The number of rotatable bonds is 4. The Morgan fingerprint density at radius 3 is 2.53 bits per heavy atom. The average Bonchev–Trinajstić information content (AvgIpc) is 2.08. The Kier molecular flexibility index (Phi) is 3.89. The summed E-state index contributed by atoms with van der Waals surface area (Å²) >= 11 is 0. The number of ketones is 1. The number of hydrogen-bond acceptors (Lipinski definition) is 2. The fraction of sp³-hybridized carbons (Fsp3) is 0.462. The van der Waals surface area contributed by atoms with E-state index < -0.39 is 0 Å². The van der Waals surface area contributed by atoms with Crippen LogP contribution < -0.4 is 4.74 Å². The van der Waals surface area contributed by atoms with Crippen molar-refractivity contribution in [3.05, 3.63) is 29.3 Å². The summed E-state index contributed by atoms with van der Waals surface area (Å²) in [5, 5.41) is 0. The number of ether oxygens (including phenoxy) is 1. The van der Waals surface area contributed by atoms with Gasteiger partial charge in [0.15, 0.2) is 0 Å². The van der Waals surface area contributed by atoms with Crippen molar-refractivity contribution in [3.8, 4) is 5.75 Å². The maximum atomic E-state index is 11.0. The number of hydrogen-bond donors (Lipinski definition) is 0. The first-order valence-electron chi connectivity index (χ1n) is 5.24. The Morgan fingerprint density at radius 1 is 1.40 bits per heavy atom. The third-order valence-corrected chi connectivity index (χ3v) is 2.06. The predicted molar refractivity (Wildman–Crippen MR) is 61.3 cm³/mol. The van der Waals surface area contributed by atoms with Gasteiger partial charge < -0.3 is 4.74 Å². The minimum absolute atomic E-state index is 0.183. The van der Waals surface area contributed by atoms with Crippen LogP contribution in [-0.2, 0) is 11.2 Å². The lowest BCUT2D eigenvalue weighted by Gasteiger charge is -2.13. The second-order valence-electron chi connectivity index (χ2n) is 4.15. The number of carbonyl (C=O) groups excluding carboxylic acids is 1. The van der Waals surface area contributed by atoms with Gasteiger partial charge >= 0.3 is 0 Å². The summed E-state index contributed by atoms with van der Waals surface area (Å²) in [5.74, 6) is 1.09. The van der Waals surface area contributed by atoms with Crippen LogP contribution >= 0.6 is 0 Å². The van der Waals surface area contributed by atoms with Crippen LogP contribution in [0.1, 0.15) is 31.9 Å². The van der Waals surface area contributed by atoms with Crippen molar-refractivity contribution in [2.45, 2.75) is 40.2 Å². The Hall–Kier alpha value is -1.31. The summed E-state index contributed by atoms with van der Waals surface area (Å²) < 4.78 is 5.62. The van der Waals surface area contributed by atoms with Crippen LogP contribution in [0.15, 0.2) is 18.2 Å². The van der Waals surface area contributed by atoms with E-state index in [9.17, 15) is 4.79 Å². The van der Waals surface area contributed by atoms with E-state index in [-0.39, 0.29) is 11.9 Å². The van der Waals surface area contributed by atoms with Gasteiger partial charge in [-0.2, -0.15) is 0 Å². The first kappa shape index (κ1) is 11.8. The van der Waals surface area contributed by atoms with E-state index in [1.54, 1.807) is 6.92 Å². The molecule has 0 bridgehead atoms. The van der Waals surface area contributed by atoms with Crippen LogP contribution in [-0.4, -0.2) is 11.9 Å². The zero-order valence-electron chi connectivity index (χ0n) is 9.83. The molecular formula is C13H18O2. The second-order valence-corrected chi connectivity index (χ2v) is 4.15. The van der Waals surface area contributed by atoms with Gasteiger partial charge in [0.1, 0.15) is 11.5 Å². The summed E-state index contributed by atoms with van der Waals surface area (Å²) in [6.07, 6.45) is 0.686. The van der Waals surface area contributed by atoms with Gasteiger partial charge in [0.05, 0.1) is 6.10 Å². The van der Waals surface area contributed by atoms with Gasteiger partial charge in [0, 0.05) is 6.42 Å². The fourth-order valence-electron chi connectivity index (χ4n) is 1.50. The molecule has 0 aliphatic carbocycles. The van der Waals surface area contributed by atoms with Gasteiger partial charge in [-0.05, 0) is 44.9 Å². The molecule has 0 heterocycles. The minimum Gasteiger partial charge on any atom is -0.491 e. The van der Waals surface area contributed by atoms with E-state index in [4.69, 9.17) is 4.74 Å². The van der Waals surface area contributed by atoms with E-state index in [0.717, 1.165) is 16.9 Å². The predicted octanol–water partition coefficient (Wildman–Crippen LogP) is 2.91. The first-order chi connectivity index (χ1) is 6.99. The fourth-order valence-corrected chi connectivity index (χ4v) is 1.50. The third kappa shape index (κ3) is 3.74. The second kappa shape index (κ2) is 4.96. The summed E-state index contributed by atoms with van der Waals surface area (Å²) in [6, 6.07) is 5.90. The highest BCUT2D eigenvalue weighted by Gasteiger charge is 2.04. The summed E-state index contributed by atoms with van der Waals surface area (Å²) in [5.41, 5.74) is 2.14. The smallest absolute Gasteiger partial charge is 0.134 e. The van der Waals surface area contributed by atoms with Crippen molar-refractivity contribution in [2.75, 3.05) is 0 Å². The van der Waals surface area contributed by atoms with Crippen LogP contribution in [0, 0.1) is 6.92 Å². The average molecular weight is 206 g/mol. The van der Waals surface area contributed by atoms with E-state index in [2.05, 4.69) is 0 Å². The molecule has 0 aliphatic heterocycles. The van der Waals surface area contributed by atoms with Gasteiger partial charge in [-0.15, -0.1) is 0 Å². The number of benzene rings is 1. The summed E-state index contributed by atoms with van der Waals surface area (Å²) in [7, 11) is 0. The number of aryl methyl sites for hydroxylation is 1. The topological polar surface area (TPSA) is 26.3 Å². The standard InChI is InChI=1S/C13H18O2/c1-9(2)15-13-6-5-12(7-10(13)3)8-11(4)14/h5-7,9H,8H2,1-4H3. The van der Waals surface area contributed by atoms with Gasteiger partial charge in [0.25, 0.3) is 0 Å². The molecule has 0 saturated heterocycles. The molecule has 0 spiro atoms. The molecule has 0 aliphatic rings. The Bertz CT molecular complexity index is 354. The Labute approximate surface area is 91.3 Å². The molecule has 2 nitrogen and oxygen atoms in total. The van der Waals surface area contributed by atoms with Crippen molar-refractivity contribution in [1.82, 2.24) is 0 Å². The maximum absolute atomic E-state index is 11.0. The molecule has 0 fully saturated rings. The number of carbonyl (C=O) groups is 1. The number of Topliss-reactive ketones (excluding diaryl/α,β-unsaturated/α-hetero) is 1. The van der Waals surface area contributed by atoms with E-state index in [0.29, 0.717) is 6.42 Å². The van der Waals surface area contributed by atoms with E-state index in [1.807, 2.05) is 39.0 Å². The lowest BCUT2D eigenvalue weighted by atomic mass is 10.1. The molecule has 1 rings (SSSR count). The van der Waals surface area contributed by atoms with Gasteiger partial charge in [-0.25, -0.2) is 0 Å². The van der Waals surface area contributed by atoms with Crippen LogP contribution in [0.4, 0.5) is 0 Å². The van der Waals surface area contributed by atoms with Crippen molar-refractivity contribution in [3.63, 3.8) is 0 Å². The molecule has 1 aromatic carbocycles. The van der Waals surface area contributed by atoms with Crippen LogP contribution in [0.3, 0.4) is 0 Å². The highest BCUT2D eigenvalue weighted by molar-refractivity contribution is 5.78.